The predicted molar refractivity (Wildman–Crippen MR) is 103 cm³/mol. The number of benzene rings is 2. The van der Waals surface area contributed by atoms with Crippen molar-refractivity contribution in [2.24, 2.45) is 0 Å². The fourth-order valence-electron chi connectivity index (χ4n) is 2.60. The second-order valence-corrected chi connectivity index (χ2v) is 7.14. The standard InChI is InChI=1S/C16H14N2O6S.2K.2H/c19-14-8-11(6-10-2-1-3-12(7-10)16(21)22)4-5-13(14)18-9-15(20)17-25(18,23)24;;;;/h1-5,7-8,19H,6,9H2,(H,17,20)(H,21,22);;;;. The van der Waals surface area contributed by atoms with Crippen LogP contribution in [0.5, 0.6) is 5.75 Å². The molecule has 0 aliphatic carbocycles. The van der Waals surface area contributed by atoms with Crippen LogP contribution in [0.25, 0.3) is 0 Å². The third kappa shape index (κ3) is 6.09. The summed E-state index contributed by atoms with van der Waals surface area (Å²) in [7, 11) is -3.99. The van der Waals surface area contributed by atoms with Crippen LogP contribution < -0.4 is 9.03 Å². The third-order valence-corrected chi connectivity index (χ3v) is 5.10. The van der Waals surface area contributed by atoms with Gasteiger partial charge in [-0.05, 0) is 41.8 Å². The Hall–Kier alpha value is 0.203. The van der Waals surface area contributed by atoms with Gasteiger partial charge in [0.15, 0.2) is 0 Å². The van der Waals surface area contributed by atoms with E-state index in [0.717, 1.165) is 9.87 Å². The van der Waals surface area contributed by atoms with E-state index in [1.165, 1.54) is 24.3 Å². The van der Waals surface area contributed by atoms with E-state index in [0.29, 0.717) is 12.0 Å². The molecule has 2 aromatic carbocycles. The molecule has 3 rings (SSSR count). The van der Waals surface area contributed by atoms with Crippen LogP contribution in [0.1, 0.15) is 21.5 Å². The molecule has 1 amide bonds. The molecular formula is C16H16K2N2O6S. The molecule has 0 atom stereocenters. The van der Waals surface area contributed by atoms with Gasteiger partial charge in [-0.15, -0.1) is 0 Å². The number of nitrogens with one attached hydrogen (secondary N) is 1. The molecule has 0 spiro atoms. The van der Waals surface area contributed by atoms with Gasteiger partial charge >= 0.3 is 119 Å². The van der Waals surface area contributed by atoms with E-state index in [4.69, 9.17) is 5.11 Å². The Balaban J connectivity index is 0.00000182. The number of carboxylic acid groups (broad SMARTS) is 1. The maximum absolute atomic E-state index is 11.8. The molecule has 27 heavy (non-hydrogen) atoms. The molecular weight excluding hydrogens is 426 g/mol. The van der Waals surface area contributed by atoms with Crippen LogP contribution in [-0.4, -0.2) is 140 Å². The van der Waals surface area contributed by atoms with Crippen molar-refractivity contribution < 1.29 is 28.2 Å². The number of phenolic OH excluding ortho intramolecular Hbond substituents is 1. The van der Waals surface area contributed by atoms with E-state index in [1.807, 2.05) is 4.72 Å². The maximum atomic E-state index is 11.8. The van der Waals surface area contributed by atoms with E-state index in [-0.39, 0.29) is 120 Å². The summed E-state index contributed by atoms with van der Waals surface area (Å²) in [5, 5.41) is 19.2. The molecule has 2 aromatic rings. The number of carboxylic acids is 1. The Bertz CT molecular complexity index is 981. The van der Waals surface area contributed by atoms with Crippen LogP contribution in [0.4, 0.5) is 5.69 Å². The zero-order chi connectivity index (χ0) is 18.2. The molecule has 134 valence electrons. The van der Waals surface area contributed by atoms with Crippen molar-refractivity contribution in [3.63, 3.8) is 0 Å². The van der Waals surface area contributed by atoms with Crippen LogP contribution >= 0.6 is 0 Å². The molecule has 1 aliphatic heterocycles. The first-order valence-electron chi connectivity index (χ1n) is 7.24. The van der Waals surface area contributed by atoms with Gasteiger partial charge in [0, 0.05) is 0 Å². The van der Waals surface area contributed by atoms with Crippen LogP contribution in [0.2, 0.25) is 0 Å². The van der Waals surface area contributed by atoms with Crippen LogP contribution in [-0.2, 0) is 21.4 Å². The quantitative estimate of drug-likeness (QED) is 0.552. The third-order valence-electron chi connectivity index (χ3n) is 3.71. The molecule has 0 bridgehead atoms. The Morgan fingerprint density at radius 1 is 1.11 bits per heavy atom. The van der Waals surface area contributed by atoms with Crippen molar-refractivity contribution in [3.8, 4) is 5.75 Å². The number of rotatable bonds is 4. The second kappa shape index (κ2) is 10.3. The molecule has 11 heteroatoms. The minimum atomic E-state index is -3.99. The first kappa shape index (κ1) is 25.2. The molecule has 0 aromatic heterocycles. The summed E-state index contributed by atoms with van der Waals surface area (Å²) in [6, 6.07) is 10.8. The van der Waals surface area contributed by atoms with Gasteiger partial charge in [-0.3, -0.25) is 4.79 Å². The minimum absolute atomic E-state index is 0. The Morgan fingerprint density at radius 2 is 1.78 bits per heavy atom. The molecule has 1 heterocycles. The van der Waals surface area contributed by atoms with Crippen molar-refractivity contribution in [3.05, 3.63) is 59.2 Å². The van der Waals surface area contributed by atoms with Crippen molar-refractivity contribution in [1.29, 1.82) is 0 Å². The summed E-state index contributed by atoms with van der Waals surface area (Å²) in [6.45, 7) is -0.393. The number of anilines is 1. The van der Waals surface area contributed by atoms with Crippen molar-refractivity contribution in [2.45, 2.75) is 6.42 Å². The summed E-state index contributed by atoms with van der Waals surface area (Å²) in [5.41, 5.74) is 1.56. The number of aromatic hydroxyl groups is 1. The van der Waals surface area contributed by atoms with Crippen molar-refractivity contribution in [1.82, 2.24) is 4.72 Å². The topological polar surface area (TPSA) is 124 Å². The fourth-order valence-corrected chi connectivity index (χ4v) is 3.76. The fraction of sp³-hybridized carbons (Fsp3) is 0.125. The number of nitrogens with zero attached hydrogens (tertiary/aromatic N) is 1. The van der Waals surface area contributed by atoms with E-state index in [1.54, 1.807) is 18.2 Å². The number of carbonyl (C=O) groups is 2. The Morgan fingerprint density at radius 3 is 2.33 bits per heavy atom. The van der Waals surface area contributed by atoms with Gasteiger partial charge in [-0.2, -0.15) is 8.42 Å². The normalized spacial score (nSPS) is 14.7. The van der Waals surface area contributed by atoms with Gasteiger partial charge in [-0.25, -0.2) is 13.8 Å². The number of amides is 1. The first-order chi connectivity index (χ1) is 11.8. The summed E-state index contributed by atoms with van der Waals surface area (Å²) in [4.78, 5) is 22.3. The average molecular weight is 443 g/mol. The van der Waals surface area contributed by atoms with Gasteiger partial charge in [0.2, 0.25) is 0 Å². The molecule has 0 saturated carbocycles. The van der Waals surface area contributed by atoms with E-state index < -0.39 is 28.6 Å². The zero-order valence-corrected chi connectivity index (χ0v) is 13.7. The van der Waals surface area contributed by atoms with Crippen LogP contribution in [0, 0.1) is 0 Å². The van der Waals surface area contributed by atoms with Gasteiger partial charge in [0.25, 0.3) is 5.91 Å². The molecule has 3 N–H and O–H groups in total. The van der Waals surface area contributed by atoms with E-state index in [2.05, 4.69) is 0 Å². The monoisotopic (exact) mass is 442 g/mol. The molecule has 8 nitrogen and oxygen atoms in total. The SMILES string of the molecule is O=C1CN(c2ccc(Cc3cccc(C(=O)O)c3)cc2O)S(=O)(=O)N1.[KH].[KH]. The van der Waals surface area contributed by atoms with Crippen molar-refractivity contribution in [2.75, 3.05) is 10.8 Å². The number of hydrogen-bond acceptors (Lipinski definition) is 5. The zero-order valence-electron chi connectivity index (χ0n) is 12.8. The van der Waals surface area contributed by atoms with Crippen molar-refractivity contribution >= 4 is 131 Å². The molecule has 1 fully saturated rings. The molecule has 1 saturated heterocycles. The van der Waals surface area contributed by atoms with Gasteiger partial charge < -0.3 is 10.2 Å². The number of aromatic carboxylic acids is 1. The Labute approximate surface area is 241 Å². The Kier molecular flexibility index (Phi) is 9.63. The summed E-state index contributed by atoms with van der Waals surface area (Å²) in [5.74, 6) is -1.99. The first-order valence-corrected chi connectivity index (χ1v) is 8.68. The van der Waals surface area contributed by atoms with Gasteiger partial charge in [0.05, 0.1) is 11.3 Å². The van der Waals surface area contributed by atoms with Crippen LogP contribution in [0.15, 0.2) is 42.5 Å². The number of phenols is 1. The molecule has 1 aliphatic rings. The number of hydrogen-bond donors (Lipinski definition) is 3. The van der Waals surface area contributed by atoms with Gasteiger partial charge in [-0.1, -0.05) is 18.2 Å². The summed E-state index contributed by atoms with van der Waals surface area (Å²) in [6.07, 6.45) is 0.360. The summed E-state index contributed by atoms with van der Waals surface area (Å²) < 4.78 is 26.3. The molecule has 0 radical (unpaired) electrons. The van der Waals surface area contributed by atoms with Gasteiger partial charge in [0.1, 0.15) is 12.3 Å². The predicted octanol–water partition coefficient (Wildman–Crippen LogP) is -0.435. The summed E-state index contributed by atoms with van der Waals surface area (Å²) >= 11 is 0. The number of carbonyl (C=O) groups excluding carboxylic acids is 1. The van der Waals surface area contributed by atoms with Crippen LogP contribution in [0.3, 0.4) is 0 Å². The molecule has 0 unspecified atom stereocenters. The second-order valence-electron chi connectivity index (χ2n) is 5.54. The van der Waals surface area contributed by atoms with E-state index >= 15 is 0 Å². The van der Waals surface area contributed by atoms with E-state index in [9.17, 15) is 23.1 Å². The average Bonchev–Trinajstić information content (AvgIpc) is 2.80.